The van der Waals surface area contributed by atoms with Crippen LogP contribution in [0.25, 0.3) is 0 Å². The van der Waals surface area contributed by atoms with Gasteiger partial charge in [-0.3, -0.25) is 4.79 Å². The standard InChI is InChI=1S/C12H18BrN3O/c1-9(2)8-16-11(17)5-7-15-12-10(13)4-3-6-14-12/h3-4,6,9H,5,7-8H2,1-2H3,(H,14,15)(H,16,17). The molecule has 4 nitrogen and oxygen atoms in total. The molecule has 0 unspecified atom stereocenters. The highest BCUT2D eigenvalue weighted by Gasteiger charge is 2.03. The molecule has 0 fully saturated rings. The predicted molar refractivity (Wildman–Crippen MR) is 72.9 cm³/mol. The maximum Gasteiger partial charge on any atom is 0.221 e. The van der Waals surface area contributed by atoms with Gasteiger partial charge in [0.25, 0.3) is 0 Å². The van der Waals surface area contributed by atoms with Gasteiger partial charge in [-0.25, -0.2) is 4.98 Å². The number of carbonyl (C=O) groups is 1. The summed E-state index contributed by atoms with van der Waals surface area (Å²) < 4.78 is 0.905. The number of anilines is 1. The average Bonchev–Trinajstić information content (AvgIpc) is 2.29. The van der Waals surface area contributed by atoms with Crippen LogP contribution < -0.4 is 10.6 Å². The number of hydrogen-bond donors (Lipinski definition) is 2. The normalized spacial score (nSPS) is 10.4. The Morgan fingerprint density at radius 2 is 2.29 bits per heavy atom. The molecule has 0 aliphatic heterocycles. The van der Waals surface area contributed by atoms with Crippen LogP contribution in [-0.4, -0.2) is 24.0 Å². The summed E-state index contributed by atoms with van der Waals surface area (Å²) in [4.78, 5) is 15.6. The van der Waals surface area contributed by atoms with Crippen molar-refractivity contribution in [3.63, 3.8) is 0 Å². The second-order valence-electron chi connectivity index (χ2n) is 4.21. The molecular weight excluding hydrogens is 282 g/mol. The lowest BCUT2D eigenvalue weighted by Gasteiger charge is -2.09. The molecule has 0 atom stereocenters. The van der Waals surface area contributed by atoms with Crippen LogP contribution in [0.15, 0.2) is 22.8 Å². The van der Waals surface area contributed by atoms with Crippen LogP contribution in [-0.2, 0) is 4.79 Å². The summed E-state index contributed by atoms with van der Waals surface area (Å²) >= 11 is 3.39. The van der Waals surface area contributed by atoms with Crippen LogP contribution in [0.2, 0.25) is 0 Å². The van der Waals surface area contributed by atoms with E-state index in [4.69, 9.17) is 0 Å². The fourth-order valence-corrected chi connectivity index (χ4v) is 1.61. The Hall–Kier alpha value is -1.10. The number of nitrogens with one attached hydrogen (secondary N) is 2. The molecule has 0 radical (unpaired) electrons. The van der Waals surface area contributed by atoms with E-state index in [9.17, 15) is 4.79 Å². The Bertz CT molecular complexity index is 369. The monoisotopic (exact) mass is 299 g/mol. The first-order valence-electron chi connectivity index (χ1n) is 5.70. The van der Waals surface area contributed by atoms with E-state index < -0.39 is 0 Å². The summed E-state index contributed by atoms with van der Waals surface area (Å²) in [5.41, 5.74) is 0. The molecule has 0 aliphatic carbocycles. The van der Waals surface area contributed by atoms with Gasteiger partial charge >= 0.3 is 0 Å². The Kier molecular flexibility index (Phi) is 5.97. The minimum Gasteiger partial charge on any atom is -0.369 e. The van der Waals surface area contributed by atoms with Crippen molar-refractivity contribution in [2.24, 2.45) is 5.92 Å². The highest BCUT2D eigenvalue weighted by Crippen LogP contribution is 2.17. The zero-order valence-electron chi connectivity index (χ0n) is 10.2. The summed E-state index contributed by atoms with van der Waals surface area (Å²) in [6.45, 7) is 5.46. The lowest BCUT2D eigenvalue weighted by Crippen LogP contribution is -2.28. The first-order valence-corrected chi connectivity index (χ1v) is 6.50. The van der Waals surface area contributed by atoms with Gasteiger partial charge in [0.1, 0.15) is 5.82 Å². The summed E-state index contributed by atoms with van der Waals surface area (Å²) in [6.07, 6.45) is 2.17. The molecule has 0 saturated heterocycles. The van der Waals surface area contributed by atoms with Crippen molar-refractivity contribution >= 4 is 27.7 Å². The molecule has 94 valence electrons. The molecule has 2 N–H and O–H groups in total. The zero-order valence-corrected chi connectivity index (χ0v) is 11.8. The molecule has 1 rings (SSSR count). The van der Waals surface area contributed by atoms with Gasteiger partial charge in [-0.05, 0) is 34.0 Å². The Morgan fingerprint density at radius 3 is 2.94 bits per heavy atom. The minimum atomic E-state index is 0.0678. The van der Waals surface area contributed by atoms with E-state index in [2.05, 4.69) is 45.4 Å². The smallest absolute Gasteiger partial charge is 0.221 e. The summed E-state index contributed by atoms with van der Waals surface area (Å²) in [6, 6.07) is 3.76. The molecule has 1 aromatic rings. The van der Waals surface area contributed by atoms with Crippen LogP contribution in [0, 0.1) is 5.92 Å². The van der Waals surface area contributed by atoms with E-state index in [1.807, 2.05) is 12.1 Å². The second kappa shape index (κ2) is 7.27. The highest BCUT2D eigenvalue weighted by molar-refractivity contribution is 9.10. The molecule has 0 saturated carbocycles. The van der Waals surface area contributed by atoms with Crippen LogP contribution in [0.1, 0.15) is 20.3 Å². The van der Waals surface area contributed by atoms with E-state index in [-0.39, 0.29) is 5.91 Å². The van der Waals surface area contributed by atoms with Crippen molar-refractivity contribution in [2.45, 2.75) is 20.3 Å². The Balaban J connectivity index is 2.24. The van der Waals surface area contributed by atoms with Crippen LogP contribution >= 0.6 is 15.9 Å². The van der Waals surface area contributed by atoms with Crippen molar-refractivity contribution in [3.8, 4) is 0 Å². The molecule has 5 heteroatoms. The number of rotatable bonds is 6. The molecule has 1 heterocycles. The van der Waals surface area contributed by atoms with E-state index in [1.165, 1.54) is 0 Å². The molecule has 1 amide bonds. The molecule has 1 aromatic heterocycles. The lowest BCUT2D eigenvalue weighted by molar-refractivity contribution is -0.120. The van der Waals surface area contributed by atoms with Gasteiger partial charge in [0.15, 0.2) is 0 Å². The quantitative estimate of drug-likeness (QED) is 0.848. The number of carbonyl (C=O) groups excluding carboxylic acids is 1. The average molecular weight is 300 g/mol. The summed E-state index contributed by atoms with van der Waals surface area (Å²) in [5.74, 6) is 1.32. The van der Waals surface area contributed by atoms with Gasteiger partial charge in [-0.2, -0.15) is 0 Å². The predicted octanol–water partition coefficient (Wildman–Crippen LogP) is 2.42. The van der Waals surface area contributed by atoms with Crippen molar-refractivity contribution in [1.29, 1.82) is 0 Å². The highest BCUT2D eigenvalue weighted by atomic mass is 79.9. The van der Waals surface area contributed by atoms with Crippen molar-refractivity contribution in [2.75, 3.05) is 18.4 Å². The van der Waals surface area contributed by atoms with E-state index in [1.54, 1.807) is 6.20 Å². The van der Waals surface area contributed by atoms with Gasteiger partial charge in [0.2, 0.25) is 5.91 Å². The third-order valence-corrected chi connectivity index (χ3v) is 2.75. The van der Waals surface area contributed by atoms with Gasteiger partial charge in [0, 0.05) is 25.7 Å². The van der Waals surface area contributed by atoms with Gasteiger partial charge < -0.3 is 10.6 Å². The topological polar surface area (TPSA) is 54.0 Å². The molecule has 0 aliphatic rings. The number of amides is 1. The SMILES string of the molecule is CC(C)CNC(=O)CCNc1ncccc1Br. The number of aromatic nitrogens is 1. The van der Waals surface area contributed by atoms with Crippen molar-refractivity contribution in [1.82, 2.24) is 10.3 Å². The van der Waals surface area contributed by atoms with Gasteiger partial charge in [-0.15, -0.1) is 0 Å². The van der Waals surface area contributed by atoms with Crippen molar-refractivity contribution < 1.29 is 4.79 Å². The minimum absolute atomic E-state index is 0.0678. The maximum absolute atomic E-state index is 11.4. The second-order valence-corrected chi connectivity index (χ2v) is 5.06. The Morgan fingerprint density at radius 1 is 1.53 bits per heavy atom. The van der Waals surface area contributed by atoms with Gasteiger partial charge in [-0.1, -0.05) is 13.8 Å². The number of hydrogen-bond acceptors (Lipinski definition) is 3. The zero-order chi connectivity index (χ0) is 12.7. The van der Waals surface area contributed by atoms with Crippen LogP contribution in [0.5, 0.6) is 0 Å². The molecular formula is C12H18BrN3O. The largest absolute Gasteiger partial charge is 0.369 e. The Labute approximate surface area is 110 Å². The lowest BCUT2D eigenvalue weighted by atomic mass is 10.2. The number of nitrogens with zero attached hydrogens (tertiary/aromatic N) is 1. The summed E-state index contributed by atoms with van der Waals surface area (Å²) in [5, 5.41) is 5.98. The fourth-order valence-electron chi connectivity index (χ4n) is 1.22. The molecule has 17 heavy (non-hydrogen) atoms. The molecule has 0 spiro atoms. The summed E-state index contributed by atoms with van der Waals surface area (Å²) in [7, 11) is 0. The van der Waals surface area contributed by atoms with E-state index in [0.717, 1.165) is 16.8 Å². The first-order chi connectivity index (χ1) is 8.09. The van der Waals surface area contributed by atoms with Gasteiger partial charge in [0.05, 0.1) is 4.47 Å². The number of halogens is 1. The maximum atomic E-state index is 11.4. The van der Waals surface area contributed by atoms with E-state index >= 15 is 0 Å². The third kappa shape index (κ3) is 5.68. The van der Waals surface area contributed by atoms with Crippen molar-refractivity contribution in [3.05, 3.63) is 22.8 Å². The van der Waals surface area contributed by atoms with Crippen LogP contribution in [0.4, 0.5) is 5.82 Å². The third-order valence-electron chi connectivity index (χ3n) is 2.11. The first kappa shape index (κ1) is 14.0. The molecule has 0 bridgehead atoms. The fraction of sp³-hybridized carbons (Fsp3) is 0.500. The van der Waals surface area contributed by atoms with Crippen LogP contribution in [0.3, 0.4) is 0 Å². The van der Waals surface area contributed by atoms with E-state index in [0.29, 0.717) is 18.9 Å². The number of pyridine rings is 1. The molecule has 0 aromatic carbocycles.